The van der Waals surface area contributed by atoms with Crippen LogP contribution in [0, 0.1) is 5.82 Å². The largest absolute Gasteiger partial charge is 0.338 e. The molecule has 0 N–H and O–H groups in total. The molecule has 25 heavy (non-hydrogen) atoms. The van der Waals surface area contributed by atoms with Crippen molar-refractivity contribution in [2.45, 2.75) is 18.9 Å². The lowest BCUT2D eigenvalue weighted by Gasteiger charge is -2.35. The summed E-state index contributed by atoms with van der Waals surface area (Å²) in [6.45, 7) is 1.63. The van der Waals surface area contributed by atoms with E-state index in [1.807, 2.05) is 23.1 Å². The van der Waals surface area contributed by atoms with Crippen LogP contribution in [0.15, 0.2) is 42.5 Å². The number of piperidine rings is 1. The standard InChI is InChI=1S/C20H23FN2OS/c1-22(2)17-4-3-13-23(14-17)20(24)12-10-18-9-11-19(25-18)15-5-7-16(21)8-6-15/h5-12,17H,3-4,13-14H2,1-2H3. The number of carbonyl (C=O) groups is 1. The number of hydrogen-bond acceptors (Lipinski definition) is 3. The number of benzene rings is 1. The minimum atomic E-state index is -0.233. The second-order valence-electron chi connectivity index (χ2n) is 6.59. The maximum Gasteiger partial charge on any atom is 0.246 e. The summed E-state index contributed by atoms with van der Waals surface area (Å²) >= 11 is 1.60. The van der Waals surface area contributed by atoms with Gasteiger partial charge in [-0.2, -0.15) is 0 Å². The third-order valence-corrected chi connectivity index (χ3v) is 5.68. The Bertz CT molecular complexity index is 751. The van der Waals surface area contributed by atoms with Gasteiger partial charge >= 0.3 is 0 Å². The van der Waals surface area contributed by atoms with E-state index in [1.54, 1.807) is 29.5 Å². The Morgan fingerprint density at radius 2 is 2.00 bits per heavy atom. The molecule has 3 rings (SSSR count). The molecule has 0 spiro atoms. The molecule has 1 aliphatic heterocycles. The summed E-state index contributed by atoms with van der Waals surface area (Å²) in [5.41, 5.74) is 0.988. The van der Waals surface area contributed by atoms with Gasteiger partial charge in [-0.3, -0.25) is 4.79 Å². The van der Waals surface area contributed by atoms with Crippen molar-refractivity contribution in [3.05, 3.63) is 53.2 Å². The summed E-state index contributed by atoms with van der Waals surface area (Å²) in [7, 11) is 4.13. The Kier molecular flexibility index (Phi) is 5.66. The van der Waals surface area contributed by atoms with Gasteiger partial charge in [0.2, 0.25) is 5.91 Å². The molecular formula is C20H23FN2OS. The van der Waals surface area contributed by atoms with Gasteiger partial charge in [-0.1, -0.05) is 12.1 Å². The number of carbonyl (C=O) groups excluding carboxylic acids is 1. The first kappa shape index (κ1) is 17.8. The first-order chi connectivity index (χ1) is 12.0. The zero-order valence-electron chi connectivity index (χ0n) is 14.6. The summed E-state index contributed by atoms with van der Waals surface area (Å²) in [5, 5.41) is 0. The van der Waals surface area contributed by atoms with Crippen molar-refractivity contribution in [1.29, 1.82) is 0 Å². The Labute approximate surface area is 152 Å². The highest BCUT2D eigenvalue weighted by molar-refractivity contribution is 7.16. The monoisotopic (exact) mass is 358 g/mol. The minimum Gasteiger partial charge on any atom is -0.338 e. The van der Waals surface area contributed by atoms with E-state index < -0.39 is 0 Å². The second kappa shape index (κ2) is 7.93. The molecule has 0 saturated carbocycles. The van der Waals surface area contributed by atoms with Crippen LogP contribution in [0.1, 0.15) is 17.7 Å². The Balaban J connectivity index is 1.64. The highest BCUT2D eigenvalue weighted by Gasteiger charge is 2.23. The van der Waals surface area contributed by atoms with Gasteiger partial charge in [0.1, 0.15) is 5.82 Å². The number of hydrogen-bond donors (Lipinski definition) is 0. The number of rotatable bonds is 4. The van der Waals surface area contributed by atoms with Crippen LogP contribution in [-0.2, 0) is 4.79 Å². The van der Waals surface area contributed by atoms with Crippen molar-refractivity contribution in [3.8, 4) is 10.4 Å². The van der Waals surface area contributed by atoms with E-state index in [4.69, 9.17) is 0 Å². The van der Waals surface area contributed by atoms with Crippen molar-refractivity contribution in [3.63, 3.8) is 0 Å². The lowest BCUT2D eigenvalue weighted by molar-refractivity contribution is -0.127. The van der Waals surface area contributed by atoms with Crippen molar-refractivity contribution < 1.29 is 9.18 Å². The zero-order chi connectivity index (χ0) is 17.8. The predicted octanol–water partition coefficient (Wildman–Crippen LogP) is 4.12. The summed E-state index contributed by atoms with van der Waals surface area (Å²) < 4.78 is 13.0. The topological polar surface area (TPSA) is 23.6 Å². The fourth-order valence-electron chi connectivity index (χ4n) is 3.05. The number of amides is 1. The van der Waals surface area contributed by atoms with Gasteiger partial charge in [0, 0.05) is 35.0 Å². The van der Waals surface area contributed by atoms with Crippen molar-refractivity contribution in [2.75, 3.05) is 27.2 Å². The van der Waals surface area contributed by atoms with Crippen LogP contribution in [0.3, 0.4) is 0 Å². The molecule has 0 aliphatic carbocycles. The third-order valence-electron chi connectivity index (χ3n) is 4.58. The molecule has 5 heteroatoms. The van der Waals surface area contributed by atoms with Gasteiger partial charge in [0.05, 0.1) is 0 Å². The number of halogens is 1. The molecule has 1 saturated heterocycles. The van der Waals surface area contributed by atoms with Crippen LogP contribution in [0.5, 0.6) is 0 Å². The molecule has 1 aromatic carbocycles. The molecule has 132 valence electrons. The van der Waals surface area contributed by atoms with Crippen molar-refractivity contribution >= 4 is 23.3 Å². The summed E-state index contributed by atoms with van der Waals surface area (Å²) in [6.07, 6.45) is 5.74. The third kappa shape index (κ3) is 4.55. The molecule has 2 aromatic rings. The second-order valence-corrected chi connectivity index (χ2v) is 7.70. The Hall–Kier alpha value is -1.98. The van der Waals surface area contributed by atoms with Crippen LogP contribution < -0.4 is 0 Å². The quantitative estimate of drug-likeness (QED) is 0.768. The van der Waals surface area contributed by atoms with Crippen LogP contribution in [0.4, 0.5) is 4.39 Å². The van der Waals surface area contributed by atoms with E-state index >= 15 is 0 Å². The maximum atomic E-state index is 13.0. The van der Waals surface area contributed by atoms with E-state index in [1.165, 1.54) is 12.1 Å². The van der Waals surface area contributed by atoms with Gasteiger partial charge in [0.15, 0.2) is 0 Å². The number of likely N-dealkylation sites (N-methyl/N-ethyl adjacent to an activating group) is 1. The Morgan fingerprint density at radius 3 is 2.72 bits per heavy atom. The van der Waals surface area contributed by atoms with E-state index in [2.05, 4.69) is 19.0 Å². The minimum absolute atomic E-state index is 0.0725. The van der Waals surface area contributed by atoms with E-state index in [-0.39, 0.29) is 11.7 Å². The maximum absolute atomic E-state index is 13.0. The molecule has 1 atom stereocenters. The first-order valence-electron chi connectivity index (χ1n) is 8.52. The highest BCUT2D eigenvalue weighted by Crippen LogP contribution is 2.29. The molecule has 0 bridgehead atoms. The van der Waals surface area contributed by atoms with Crippen LogP contribution in [0.2, 0.25) is 0 Å². The molecule has 3 nitrogen and oxygen atoms in total. The molecule has 1 amide bonds. The van der Waals surface area contributed by atoms with Gasteiger partial charge in [-0.15, -0.1) is 11.3 Å². The normalized spacial score (nSPS) is 18.2. The molecule has 1 aliphatic rings. The van der Waals surface area contributed by atoms with Gasteiger partial charge in [0.25, 0.3) is 0 Å². The predicted molar refractivity (Wildman–Crippen MR) is 102 cm³/mol. The lowest BCUT2D eigenvalue weighted by atomic mass is 10.0. The molecule has 1 fully saturated rings. The number of nitrogens with zero attached hydrogens (tertiary/aromatic N) is 2. The van der Waals surface area contributed by atoms with E-state index in [9.17, 15) is 9.18 Å². The zero-order valence-corrected chi connectivity index (χ0v) is 15.4. The molecular weight excluding hydrogens is 335 g/mol. The van der Waals surface area contributed by atoms with Crippen LogP contribution in [-0.4, -0.2) is 48.9 Å². The van der Waals surface area contributed by atoms with Crippen molar-refractivity contribution in [1.82, 2.24) is 9.80 Å². The van der Waals surface area contributed by atoms with Crippen LogP contribution >= 0.6 is 11.3 Å². The summed E-state index contributed by atoms with van der Waals surface area (Å²) in [4.78, 5) is 18.6. The smallest absolute Gasteiger partial charge is 0.246 e. The SMILES string of the molecule is CN(C)C1CCCN(C(=O)C=Cc2ccc(-c3ccc(F)cc3)s2)C1. The lowest BCUT2D eigenvalue weighted by Crippen LogP contribution is -2.47. The molecule has 2 heterocycles. The number of thiophene rings is 1. The summed E-state index contributed by atoms with van der Waals surface area (Å²) in [5.74, 6) is -0.160. The fraction of sp³-hybridized carbons (Fsp3) is 0.350. The highest BCUT2D eigenvalue weighted by atomic mass is 32.1. The van der Waals surface area contributed by atoms with E-state index in [0.29, 0.717) is 6.04 Å². The number of likely N-dealkylation sites (tertiary alicyclic amines) is 1. The molecule has 0 radical (unpaired) electrons. The van der Waals surface area contributed by atoms with E-state index in [0.717, 1.165) is 41.2 Å². The molecule has 1 aromatic heterocycles. The average Bonchev–Trinajstić information content (AvgIpc) is 3.09. The van der Waals surface area contributed by atoms with Gasteiger partial charge in [-0.25, -0.2) is 4.39 Å². The first-order valence-corrected chi connectivity index (χ1v) is 9.34. The van der Waals surface area contributed by atoms with Gasteiger partial charge < -0.3 is 9.80 Å². The fourth-order valence-corrected chi connectivity index (χ4v) is 3.96. The summed E-state index contributed by atoms with van der Waals surface area (Å²) in [6, 6.07) is 10.9. The average molecular weight is 358 g/mol. The Morgan fingerprint density at radius 1 is 1.24 bits per heavy atom. The van der Waals surface area contributed by atoms with Crippen LogP contribution in [0.25, 0.3) is 16.5 Å². The molecule has 1 unspecified atom stereocenters. The van der Waals surface area contributed by atoms with Crippen molar-refractivity contribution in [2.24, 2.45) is 0 Å². The van der Waals surface area contributed by atoms with Gasteiger partial charge in [-0.05, 0) is 62.8 Å².